The van der Waals surface area contributed by atoms with Crippen molar-refractivity contribution in [2.24, 2.45) is 23.1 Å². The average Bonchev–Trinajstić information content (AvgIpc) is 1.71. The van der Waals surface area contributed by atoms with E-state index in [2.05, 4.69) is 89.0 Å². The molecule has 7 heterocycles. The third-order valence-corrected chi connectivity index (χ3v) is 26.1. The number of nitrogens with zero attached hydrogens (tertiary/aromatic N) is 9. The summed E-state index contributed by atoms with van der Waals surface area (Å²) in [5.41, 5.74) is 19.7. The summed E-state index contributed by atoms with van der Waals surface area (Å²) >= 11 is 2.22. The van der Waals surface area contributed by atoms with E-state index < -0.39 is 210 Å². The summed E-state index contributed by atoms with van der Waals surface area (Å²) in [5.74, 6) is -15.6. The Labute approximate surface area is 788 Å². The molecule has 135 heavy (non-hydrogen) atoms. The lowest BCUT2D eigenvalue weighted by Crippen LogP contribution is -2.62. The Kier molecular flexibility index (Phi) is 38.4. The number of guanidine groups is 1. The Balaban J connectivity index is 1.02. The first kappa shape index (κ1) is 104. The van der Waals surface area contributed by atoms with E-state index in [1.165, 1.54) is 59.6 Å². The van der Waals surface area contributed by atoms with E-state index in [9.17, 15) is 33.9 Å². The van der Waals surface area contributed by atoms with Gasteiger partial charge in [-0.2, -0.15) is 0 Å². The van der Waals surface area contributed by atoms with Crippen molar-refractivity contribution in [3.8, 4) is 0 Å². The molecule has 43 nitrogen and oxygen atoms in total. The SMILES string of the molecule is CCCC[C@H]1C(=O)N(C)[C@@H](CCCC)C(=O)N[C@@H](CCCNC(=N)N)C(=O)N[C@H](C(=O)NCC(N)=O)CSCC(=O)N[C@@H](Cc2ccccc2)c2nnnn2[C@@H](C)C(=O)N[C@@H](CC(N)=O)C(=O)N2CCC[C@H]2C(=O)N[C@@H](Cc2cnc[nH]2)C(=O)N[C@@H](CC(C)C)C(=O)N2CCC[C@H]2C(=O)N[C@@H](Cc2c[nH]c3ccccc23)C(=O)N[C@@H](CO)C(=O)N[C@@H](Cc2csc3ccccc23)C(=O)N1C. The van der Waals surface area contributed by atoms with Crippen LogP contribution in [0.15, 0.2) is 103 Å². The van der Waals surface area contributed by atoms with Gasteiger partial charge in [-0.15, -0.1) is 28.2 Å². The second kappa shape index (κ2) is 50.0. The number of fused-ring (bicyclic) bond motifs is 5. The standard InChI is InChI=1S/C90H124N26O17S2/c1-8-10-28-68-83(127)101-59(27-19-33-96-90(93)94)79(123)108-67(78(122)98-44-74(92)119)47-134-48-75(120)100-60(37-52-22-13-12-14-23-52)76-109-110-111-116(76)51(5)77(121)104-65(41-73(91)118)88(132)115-35-21-31-70(115)85(129)103-62(40-55-43-95-49-99-55)81(125)105-63(36-50(3)4)87(131)114-34-20-30-69(114)84(128)102-61(38-53-42-97-58-26-17-15-24-56(53)58)80(124)107-66(45-117)82(126)106-64(39-54-46-135-72-32-18-16-25-57(54)72)86(130)113(7)71(29-11-9-2)89(133)112(68)6/h12-18,22-26,32,42-43,46,49-51,59-71,97,117H,8-11,19-21,27-31,33-41,44-45,47-48H2,1-7H3,(H2,91,118)(H2,92,119)(H,95,99)(H,98,122)(H,100,120)(H,101,127)(H,102,128)(H,103,129)(H,104,121)(H,105,125)(H,106,126)(H,107,124)(H,108,123)(H4,93,94,96)/t51-,59-,60-,61-,62-,63-,64-,65-,66-,67-,68-,69-,70-,71-/m0/s1. The number of carbonyl (C=O) groups excluding carboxylic acids is 16. The van der Waals surface area contributed by atoms with Crippen LogP contribution in [0.5, 0.6) is 0 Å². The molecule has 4 aromatic heterocycles. The summed E-state index contributed by atoms with van der Waals surface area (Å²) < 4.78 is 1.92. The normalized spacial score (nSPS) is 24.0. The predicted molar refractivity (Wildman–Crippen MR) is 499 cm³/mol. The van der Waals surface area contributed by atoms with Crippen LogP contribution in [0.2, 0.25) is 0 Å². The van der Waals surface area contributed by atoms with Crippen LogP contribution < -0.4 is 75.7 Å². The molecule has 0 bridgehead atoms. The summed E-state index contributed by atoms with van der Waals surface area (Å²) in [5, 5.41) is 64.5. The lowest BCUT2D eigenvalue weighted by molar-refractivity contribution is -0.149. The lowest BCUT2D eigenvalue weighted by Gasteiger charge is -2.36. The molecule has 10 rings (SSSR count). The van der Waals surface area contributed by atoms with Gasteiger partial charge in [0.2, 0.25) is 94.5 Å². The van der Waals surface area contributed by atoms with Crippen molar-refractivity contribution in [1.82, 2.24) is 113 Å². The van der Waals surface area contributed by atoms with Crippen LogP contribution in [-0.4, -0.2) is 291 Å². The first-order chi connectivity index (χ1) is 64.7. The number of unbranched alkanes of at least 4 members (excludes halogenated alkanes) is 2. The Morgan fingerprint density at radius 3 is 1.79 bits per heavy atom. The fourth-order valence-electron chi connectivity index (χ4n) is 16.9. The zero-order chi connectivity index (χ0) is 97.7. The topological polar surface area (TPSA) is 629 Å². The number of rotatable bonds is 26. The number of hydrogen-bond donors (Lipinski definition) is 18. The summed E-state index contributed by atoms with van der Waals surface area (Å²) in [6, 6.07) is 2.79. The Bertz CT molecular complexity index is 5340. The fraction of sp³-hybridized carbons (Fsp3) is 0.522. The number of aliphatic hydroxyl groups excluding tert-OH is 1. The van der Waals surface area contributed by atoms with Crippen molar-refractivity contribution in [2.45, 2.75) is 235 Å². The van der Waals surface area contributed by atoms with E-state index in [1.807, 2.05) is 51.3 Å². The maximum Gasteiger partial charge on any atom is 0.246 e. The third-order valence-electron chi connectivity index (χ3n) is 24.1. The highest BCUT2D eigenvalue weighted by molar-refractivity contribution is 8.00. The van der Waals surface area contributed by atoms with E-state index in [4.69, 9.17) is 22.6 Å². The van der Waals surface area contributed by atoms with Crippen molar-refractivity contribution >= 4 is 145 Å². The molecule has 14 atom stereocenters. The highest BCUT2D eigenvalue weighted by Crippen LogP contribution is 2.31. The number of tetrazole rings is 1. The van der Waals surface area contributed by atoms with Gasteiger partial charge in [0.25, 0.3) is 0 Å². The van der Waals surface area contributed by atoms with Crippen molar-refractivity contribution in [3.63, 3.8) is 0 Å². The van der Waals surface area contributed by atoms with Gasteiger partial charge in [0.1, 0.15) is 78.5 Å². The quantitative estimate of drug-likeness (QED) is 0.0179. The molecule has 3 aromatic carbocycles. The van der Waals surface area contributed by atoms with Gasteiger partial charge in [0, 0.05) is 98.9 Å². The van der Waals surface area contributed by atoms with Crippen LogP contribution in [0.1, 0.15) is 165 Å². The number of carbonyl (C=O) groups is 16. The van der Waals surface area contributed by atoms with Crippen LogP contribution in [0, 0.1) is 11.3 Å². The molecule has 16 amide bonds. The van der Waals surface area contributed by atoms with Crippen LogP contribution in [0.4, 0.5) is 0 Å². The van der Waals surface area contributed by atoms with Gasteiger partial charge >= 0.3 is 0 Å². The second-order valence-electron chi connectivity index (χ2n) is 34.5. The van der Waals surface area contributed by atoms with Crippen LogP contribution in [0.3, 0.4) is 0 Å². The molecule has 45 heteroatoms. The van der Waals surface area contributed by atoms with E-state index in [0.717, 1.165) is 31.4 Å². The highest BCUT2D eigenvalue weighted by Gasteiger charge is 2.46. The number of nitrogens with two attached hydrogens (primary N) is 3. The molecule has 7 aromatic rings. The number of likely N-dealkylation sites (N-methyl/N-ethyl adjacent to an activating group) is 2. The minimum absolute atomic E-state index is 0.00339. The second-order valence-corrected chi connectivity index (χ2v) is 36.5. The zero-order valence-corrected chi connectivity index (χ0v) is 78.3. The number of aliphatic hydroxyl groups is 1. The summed E-state index contributed by atoms with van der Waals surface area (Å²) in [6.07, 6.45) is 5.25. The molecule has 728 valence electrons. The fourth-order valence-corrected chi connectivity index (χ4v) is 18.7. The molecule has 3 aliphatic rings. The van der Waals surface area contributed by atoms with Gasteiger partial charge in [-0.3, -0.25) is 82.1 Å². The third kappa shape index (κ3) is 28.6. The minimum atomic E-state index is -1.83. The smallest absolute Gasteiger partial charge is 0.246 e. The Morgan fingerprint density at radius 1 is 0.570 bits per heavy atom. The average molecular weight is 1910 g/mol. The summed E-state index contributed by atoms with van der Waals surface area (Å²) in [6.45, 7) is 6.91. The number of amides is 16. The number of primary amides is 2. The number of benzene rings is 3. The first-order valence-electron chi connectivity index (χ1n) is 45.4. The number of hydrogen-bond acceptors (Lipinski definition) is 24. The Morgan fingerprint density at radius 2 is 1.15 bits per heavy atom. The molecular formula is C90H124N26O17S2. The molecule has 21 N–H and O–H groups in total. The van der Waals surface area contributed by atoms with Crippen molar-refractivity contribution in [1.29, 1.82) is 5.41 Å². The molecule has 2 saturated heterocycles. The highest BCUT2D eigenvalue weighted by atomic mass is 32.2. The molecule has 2 fully saturated rings. The summed E-state index contributed by atoms with van der Waals surface area (Å²) in [7, 11) is 2.75. The van der Waals surface area contributed by atoms with Gasteiger partial charge in [-0.25, -0.2) is 9.67 Å². The largest absolute Gasteiger partial charge is 0.394 e. The molecule has 0 saturated carbocycles. The monoisotopic (exact) mass is 1900 g/mol. The van der Waals surface area contributed by atoms with Gasteiger partial charge < -0.3 is 110 Å². The molecule has 0 unspecified atom stereocenters. The molecular weight excluding hydrogens is 1780 g/mol. The van der Waals surface area contributed by atoms with Crippen LogP contribution in [-0.2, 0) is 102 Å². The zero-order valence-electron chi connectivity index (χ0n) is 76.7. The van der Waals surface area contributed by atoms with Crippen molar-refractivity contribution in [2.75, 3.05) is 58.4 Å². The number of thioether (sulfide) groups is 1. The number of aromatic amines is 2. The van der Waals surface area contributed by atoms with E-state index in [0.29, 0.717) is 59.0 Å². The van der Waals surface area contributed by atoms with Crippen molar-refractivity contribution in [3.05, 3.63) is 131 Å². The van der Waals surface area contributed by atoms with Crippen molar-refractivity contribution < 1.29 is 81.8 Å². The maximum atomic E-state index is 15.8. The number of thiophene rings is 1. The molecule has 3 aliphatic heterocycles. The van der Waals surface area contributed by atoms with Gasteiger partial charge in [0.05, 0.1) is 37.7 Å². The number of nitrogens with one attached hydrogen (secondary N) is 14. The number of aromatic nitrogens is 7. The first-order valence-corrected chi connectivity index (χ1v) is 47.5. The summed E-state index contributed by atoms with van der Waals surface area (Å²) in [4.78, 5) is 252. The van der Waals surface area contributed by atoms with Crippen LogP contribution >= 0.6 is 23.1 Å². The lowest BCUT2D eigenvalue weighted by atomic mass is 10.00. The van der Waals surface area contributed by atoms with E-state index in [-0.39, 0.29) is 121 Å². The maximum absolute atomic E-state index is 15.8. The molecule has 0 spiro atoms. The number of H-pyrrole nitrogens is 2. The molecule has 0 aliphatic carbocycles. The van der Waals surface area contributed by atoms with Gasteiger partial charge in [-0.05, 0) is 121 Å². The number of imidazole rings is 1. The van der Waals surface area contributed by atoms with E-state index >= 15 is 47.9 Å². The molecule has 0 radical (unpaired) electrons. The van der Waals surface area contributed by atoms with Gasteiger partial charge in [0.15, 0.2) is 11.8 Å². The van der Waals surface area contributed by atoms with E-state index in [1.54, 1.807) is 66.9 Å². The Hall–Kier alpha value is -13.5. The van der Waals surface area contributed by atoms with Crippen LogP contribution in [0.25, 0.3) is 21.0 Å². The minimum Gasteiger partial charge on any atom is -0.394 e. The predicted octanol–water partition coefficient (Wildman–Crippen LogP) is -0.799. The number of para-hydroxylation sites is 1. The van der Waals surface area contributed by atoms with Gasteiger partial charge in [-0.1, -0.05) is 120 Å².